The minimum absolute atomic E-state index is 0.349. The molecular formula is C42H24N6O9. The highest BCUT2D eigenvalue weighted by Crippen LogP contribution is 2.36. The number of benzene rings is 6. The monoisotopic (exact) mass is 756 g/mol. The van der Waals surface area contributed by atoms with Gasteiger partial charge < -0.3 is 14.2 Å². The summed E-state index contributed by atoms with van der Waals surface area (Å²) in [6, 6.07) is 40.2. The van der Waals surface area contributed by atoms with Crippen LogP contribution in [0.5, 0.6) is 34.5 Å². The average molecular weight is 757 g/mol. The minimum Gasteiger partial charge on any atom is -0.457 e. The van der Waals surface area contributed by atoms with E-state index in [0.717, 1.165) is 0 Å². The molecule has 6 aromatic carbocycles. The molecule has 6 aromatic rings. The first-order valence-electron chi connectivity index (χ1n) is 16.1. The van der Waals surface area contributed by atoms with Crippen molar-refractivity contribution in [3.8, 4) is 34.5 Å². The van der Waals surface area contributed by atoms with Crippen molar-refractivity contribution in [2.75, 3.05) is 0 Å². The predicted molar refractivity (Wildman–Crippen MR) is 206 cm³/mol. The molecule has 0 heterocycles. The van der Waals surface area contributed by atoms with Gasteiger partial charge in [-0.25, -0.2) is 28.8 Å². The number of aliphatic imine (C=N–C) groups is 6. The van der Waals surface area contributed by atoms with Crippen molar-refractivity contribution in [2.45, 2.75) is 0 Å². The second-order valence-electron chi connectivity index (χ2n) is 10.4. The highest BCUT2D eigenvalue weighted by atomic mass is 16.5. The van der Waals surface area contributed by atoms with E-state index in [0.29, 0.717) is 68.6 Å². The third-order valence-corrected chi connectivity index (χ3v) is 6.76. The number of ether oxygens (including phenoxy) is 3. The minimum atomic E-state index is 0.349. The molecule has 0 aromatic heterocycles. The lowest BCUT2D eigenvalue weighted by Crippen LogP contribution is -1.85. The molecule has 0 saturated heterocycles. The molecule has 0 N–H and O–H groups in total. The maximum Gasteiger partial charge on any atom is 0.240 e. The van der Waals surface area contributed by atoms with E-state index in [1.807, 2.05) is 0 Å². The molecule has 15 heteroatoms. The van der Waals surface area contributed by atoms with Gasteiger partial charge in [-0.3, -0.25) is 0 Å². The number of para-hydroxylation sites is 4. The lowest BCUT2D eigenvalue weighted by molar-refractivity contribution is 0.482. The van der Waals surface area contributed by atoms with Gasteiger partial charge in [-0.05, 0) is 97.1 Å². The fraction of sp³-hybridized carbons (Fsp3) is 0. The van der Waals surface area contributed by atoms with Gasteiger partial charge in [0.05, 0.1) is 22.7 Å². The van der Waals surface area contributed by atoms with Crippen molar-refractivity contribution in [3.63, 3.8) is 0 Å². The van der Waals surface area contributed by atoms with Gasteiger partial charge in [0.25, 0.3) is 0 Å². The molecule has 15 nitrogen and oxygen atoms in total. The number of rotatable bonds is 12. The summed E-state index contributed by atoms with van der Waals surface area (Å²) >= 11 is 0. The number of isocyanates is 6. The zero-order valence-corrected chi connectivity index (χ0v) is 29.2. The average Bonchev–Trinajstić information content (AvgIpc) is 3.22. The zero-order valence-electron chi connectivity index (χ0n) is 29.2. The number of carbonyl (C=O) groups excluding carboxylic acids is 6. The normalized spacial score (nSPS) is 9.05. The van der Waals surface area contributed by atoms with Crippen LogP contribution in [0.25, 0.3) is 0 Å². The van der Waals surface area contributed by atoms with Crippen LogP contribution >= 0.6 is 0 Å². The Morgan fingerprint density at radius 2 is 0.649 bits per heavy atom. The molecule has 0 fully saturated rings. The molecule has 0 radical (unpaired) electrons. The summed E-state index contributed by atoms with van der Waals surface area (Å²) in [5, 5.41) is 0. The van der Waals surface area contributed by atoms with Crippen LogP contribution in [0.3, 0.4) is 0 Å². The molecule has 0 bridgehead atoms. The Bertz CT molecular complexity index is 2420. The van der Waals surface area contributed by atoms with Crippen LogP contribution in [-0.2, 0) is 28.8 Å². The van der Waals surface area contributed by atoms with Crippen molar-refractivity contribution >= 4 is 70.6 Å². The van der Waals surface area contributed by atoms with Crippen molar-refractivity contribution in [1.29, 1.82) is 0 Å². The van der Waals surface area contributed by atoms with Crippen molar-refractivity contribution in [1.82, 2.24) is 0 Å². The van der Waals surface area contributed by atoms with Gasteiger partial charge >= 0.3 is 0 Å². The van der Waals surface area contributed by atoms with E-state index in [1.165, 1.54) is 36.5 Å². The Labute approximate surface area is 323 Å². The van der Waals surface area contributed by atoms with Crippen LogP contribution in [0.15, 0.2) is 176 Å². The van der Waals surface area contributed by atoms with E-state index in [1.54, 1.807) is 146 Å². The van der Waals surface area contributed by atoms with E-state index in [9.17, 15) is 28.8 Å². The molecule has 0 atom stereocenters. The Morgan fingerprint density at radius 1 is 0.298 bits per heavy atom. The summed E-state index contributed by atoms with van der Waals surface area (Å²) in [6.45, 7) is 0. The molecular weight excluding hydrogens is 732 g/mol. The maximum atomic E-state index is 10.3. The molecule has 0 spiro atoms. The summed E-state index contributed by atoms with van der Waals surface area (Å²) in [4.78, 5) is 82.2. The maximum absolute atomic E-state index is 10.3. The number of hydrogen-bond donors (Lipinski definition) is 0. The first-order valence-corrected chi connectivity index (χ1v) is 16.1. The first-order chi connectivity index (χ1) is 28.0. The second kappa shape index (κ2) is 22.8. The standard InChI is InChI=1S/3C14H8N2O3/c17-9-15-11-1-5-13(6-2-11)19-14-7-3-12(4-8-14)16-10-18;17-9-15-11-3-1-5-13(7-11)19-14-6-2-4-12(8-14)16-10-18;17-9-15-11-5-1-3-7-13(11)19-14-8-4-2-6-12(14)16-10-18/h3*1-8H. The van der Waals surface area contributed by atoms with E-state index in [-0.39, 0.29) is 0 Å². The van der Waals surface area contributed by atoms with Crippen molar-refractivity contribution in [2.24, 2.45) is 30.0 Å². The fourth-order valence-electron chi connectivity index (χ4n) is 4.38. The molecule has 6 rings (SSSR count). The van der Waals surface area contributed by atoms with Crippen LogP contribution in [0.4, 0.5) is 34.1 Å². The van der Waals surface area contributed by atoms with Gasteiger partial charge in [-0.15, -0.1) is 0 Å². The SMILES string of the molecule is O=C=Nc1ccc(Oc2ccc(N=C=O)cc2)cc1.O=C=Nc1cccc(Oc2cccc(N=C=O)c2)c1.O=C=Nc1ccccc1Oc1ccccc1N=C=O. The van der Waals surface area contributed by atoms with Crippen molar-refractivity contribution < 1.29 is 43.0 Å². The number of nitrogens with zero attached hydrogens (tertiary/aromatic N) is 6. The Hall–Kier alpha value is -9.00. The van der Waals surface area contributed by atoms with Crippen LogP contribution < -0.4 is 14.2 Å². The quantitative estimate of drug-likeness (QED) is 0.0859. The first kappa shape index (κ1) is 40.8. The molecule has 0 aliphatic heterocycles. The largest absolute Gasteiger partial charge is 0.457 e. The highest BCUT2D eigenvalue weighted by Gasteiger charge is 2.07. The lowest BCUT2D eigenvalue weighted by atomic mass is 10.2. The van der Waals surface area contributed by atoms with Crippen LogP contribution in [0, 0.1) is 0 Å². The van der Waals surface area contributed by atoms with Gasteiger partial charge in [-0.2, -0.15) is 30.0 Å². The summed E-state index contributed by atoms with van der Waals surface area (Å²) in [5.74, 6) is 3.00. The van der Waals surface area contributed by atoms with Gasteiger partial charge in [0.2, 0.25) is 36.5 Å². The number of hydrogen-bond acceptors (Lipinski definition) is 15. The Balaban J connectivity index is 0.000000189. The van der Waals surface area contributed by atoms with E-state index >= 15 is 0 Å². The molecule has 0 saturated carbocycles. The molecule has 0 unspecified atom stereocenters. The zero-order chi connectivity index (χ0) is 40.5. The molecule has 0 aliphatic rings. The van der Waals surface area contributed by atoms with E-state index < -0.39 is 0 Å². The summed E-state index contributed by atoms with van der Waals surface area (Å²) in [6.07, 6.45) is 8.77. The third-order valence-electron chi connectivity index (χ3n) is 6.76. The Morgan fingerprint density at radius 3 is 1.04 bits per heavy atom. The molecule has 0 aliphatic carbocycles. The summed E-state index contributed by atoms with van der Waals surface area (Å²) < 4.78 is 16.7. The van der Waals surface area contributed by atoms with Crippen molar-refractivity contribution in [3.05, 3.63) is 146 Å². The highest BCUT2D eigenvalue weighted by molar-refractivity contribution is 5.63. The topological polar surface area (TPSA) is 204 Å². The van der Waals surface area contributed by atoms with E-state index in [4.69, 9.17) is 14.2 Å². The van der Waals surface area contributed by atoms with Crippen LogP contribution in [-0.4, -0.2) is 36.5 Å². The van der Waals surface area contributed by atoms with Gasteiger partial charge in [0.15, 0.2) is 11.5 Å². The van der Waals surface area contributed by atoms with Crippen LogP contribution in [0.2, 0.25) is 0 Å². The summed E-state index contributed by atoms with van der Waals surface area (Å²) in [5.41, 5.74) is 2.63. The van der Waals surface area contributed by atoms with Gasteiger partial charge in [-0.1, -0.05) is 36.4 Å². The lowest BCUT2D eigenvalue weighted by Gasteiger charge is -2.08. The predicted octanol–water partition coefficient (Wildman–Crippen LogP) is 10.2. The molecule has 57 heavy (non-hydrogen) atoms. The fourth-order valence-corrected chi connectivity index (χ4v) is 4.38. The molecule has 0 amide bonds. The van der Waals surface area contributed by atoms with Crippen LogP contribution in [0.1, 0.15) is 0 Å². The van der Waals surface area contributed by atoms with Gasteiger partial charge in [0, 0.05) is 12.1 Å². The van der Waals surface area contributed by atoms with E-state index in [2.05, 4.69) is 30.0 Å². The molecule has 276 valence electrons. The third kappa shape index (κ3) is 13.8. The second-order valence-corrected chi connectivity index (χ2v) is 10.4. The van der Waals surface area contributed by atoms with Gasteiger partial charge in [0.1, 0.15) is 34.4 Å². The Kier molecular flexibility index (Phi) is 16.3. The summed E-state index contributed by atoms with van der Waals surface area (Å²) in [7, 11) is 0. The smallest absolute Gasteiger partial charge is 0.240 e.